The zero-order chi connectivity index (χ0) is 15.1. The number of carbonyl (C=O) groups excluding carboxylic acids is 2. The Morgan fingerprint density at radius 1 is 1.23 bits per heavy atom. The molecule has 0 saturated heterocycles. The van der Waals surface area contributed by atoms with Crippen LogP contribution >= 0.6 is 12.4 Å². The first-order valence-corrected chi connectivity index (χ1v) is 6.21. The molecule has 0 unspecified atom stereocenters. The van der Waals surface area contributed by atoms with Gasteiger partial charge in [0.05, 0.1) is 6.54 Å². The van der Waals surface area contributed by atoms with E-state index in [2.05, 4.69) is 15.3 Å². The summed E-state index contributed by atoms with van der Waals surface area (Å²) in [5.74, 6) is -0.945. The quantitative estimate of drug-likeness (QED) is 0.838. The molecule has 3 N–H and O–H groups in total. The topological polar surface area (TPSA) is 107 Å². The van der Waals surface area contributed by atoms with Gasteiger partial charge in [-0.1, -0.05) is 6.07 Å². The van der Waals surface area contributed by atoms with E-state index < -0.39 is 11.8 Å². The highest BCUT2D eigenvalue weighted by Crippen LogP contribution is 2.16. The van der Waals surface area contributed by atoms with Gasteiger partial charge in [-0.2, -0.15) is 0 Å². The molecule has 0 atom stereocenters. The smallest absolute Gasteiger partial charge is 0.280 e. The highest BCUT2D eigenvalue weighted by Gasteiger charge is 2.16. The Morgan fingerprint density at radius 3 is 2.68 bits per heavy atom. The number of ether oxygens (including phenoxy) is 1. The molecule has 2 rings (SSSR count). The molecule has 0 aromatic carbocycles. The number of hydrogen-bond donors (Lipinski definition) is 2. The number of carbonyl (C=O) groups is 2. The number of rotatable bonds is 5. The van der Waals surface area contributed by atoms with Gasteiger partial charge in [-0.05, 0) is 18.2 Å². The minimum Gasteiger partial charge on any atom is -0.486 e. The standard InChI is InChI=1S/C14H14N4O3.ClH/c15-7-12(19)18-14(20)13-11(4-2-6-17-13)21-9-10-3-1-5-16-8-10;/h1-6,8H,7,9,15H2,(H,18,19,20);1H. The van der Waals surface area contributed by atoms with Crippen LogP contribution in [0.4, 0.5) is 0 Å². The van der Waals surface area contributed by atoms with Gasteiger partial charge in [0.25, 0.3) is 5.91 Å². The first-order chi connectivity index (χ1) is 10.2. The molecule has 0 aliphatic rings. The van der Waals surface area contributed by atoms with E-state index in [1.165, 1.54) is 6.20 Å². The lowest BCUT2D eigenvalue weighted by atomic mass is 10.3. The van der Waals surface area contributed by atoms with E-state index in [9.17, 15) is 9.59 Å². The van der Waals surface area contributed by atoms with Crippen LogP contribution in [0, 0.1) is 0 Å². The van der Waals surface area contributed by atoms with E-state index in [0.29, 0.717) is 0 Å². The lowest BCUT2D eigenvalue weighted by Crippen LogP contribution is -2.36. The third-order valence-electron chi connectivity index (χ3n) is 2.54. The second-order valence-electron chi connectivity index (χ2n) is 4.08. The van der Waals surface area contributed by atoms with Crippen molar-refractivity contribution in [2.75, 3.05) is 6.54 Å². The number of pyridine rings is 2. The third kappa shape index (κ3) is 4.80. The third-order valence-corrected chi connectivity index (χ3v) is 2.54. The van der Waals surface area contributed by atoms with Crippen molar-refractivity contribution < 1.29 is 14.3 Å². The lowest BCUT2D eigenvalue weighted by Gasteiger charge is -2.10. The Morgan fingerprint density at radius 2 is 2.00 bits per heavy atom. The molecule has 2 heterocycles. The SMILES string of the molecule is Cl.NCC(=O)NC(=O)c1ncccc1OCc1cccnc1. The number of hydrogen-bond acceptors (Lipinski definition) is 6. The molecule has 0 aliphatic carbocycles. The van der Waals surface area contributed by atoms with Crippen LogP contribution in [0.3, 0.4) is 0 Å². The molecule has 0 spiro atoms. The normalized spacial score (nSPS) is 9.50. The van der Waals surface area contributed by atoms with Gasteiger partial charge in [0, 0.05) is 24.2 Å². The number of nitrogens with two attached hydrogens (primary N) is 1. The fourth-order valence-electron chi connectivity index (χ4n) is 1.56. The molecule has 22 heavy (non-hydrogen) atoms. The maximum absolute atomic E-state index is 11.9. The average Bonchev–Trinajstić information content (AvgIpc) is 2.54. The van der Waals surface area contributed by atoms with Gasteiger partial charge in [0.1, 0.15) is 6.61 Å². The second kappa shape index (κ2) is 8.71. The highest BCUT2D eigenvalue weighted by molar-refractivity contribution is 6.05. The summed E-state index contributed by atoms with van der Waals surface area (Å²) in [5.41, 5.74) is 6.03. The van der Waals surface area contributed by atoms with E-state index in [4.69, 9.17) is 10.5 Å². The molecule has 8 heteroatoms. The van der Waals surface area contributed by atoms with Crippen LogP contribution in [0.2, 0.25) is 0 Å². The van der Waals surface area contributed by atoms with Crippen LogP contribution in [0.1, 0.15) is 16.1 Å². The first kappa shape index (κ1) is 17.5. The van der Waals surface area contributed by atoms with Crippen molar-refractivity contribution >= 4 is 24.2 Å². The fourth-order valence-corrected chi connectivity index (χ4v) is 1.56. The summed E-state index contributed by atoms with van der Waals surface area (Å²) in [6.45, 7) is -0.0326. The van der Waals surface area contributed by atoms with Gasteiger partial charge < -0.3 is 10.5 Å². The molecule has 116 valence electrons. The molecule has 0 aliphatic heterocycles. The van der Waals surface area contributed by atoms with Gasteiger partial charge in [-0.15, -0.1) is 12.4 Å². The van der Waals surface area contributed by atoms with Crippen LogP contribution in [0.15, 0.2) is 42.9 Å². The van der Waals surface area contributed by atoms with E-state index in [-0.39, 0.29) is 37.0 Å². The zero-order valence-electron chi connectivity index (χ0n) is 11.6. The lowest BCUT2D eigenvalue weighted by molar-refractivity contribution is -0.118. The van der Waals surface area contributed by atoms with Crippen molar-refractivity contribution in [2.45, 2.75) is 6.61 Å². The molecule has 0 saturated carbocycles. The first-order valence-electron chi connectivity index (χ1n) is 6.21. The summed E-state index contributed by atoms with van der Waals surface area (Å²) < 4.78 is 5.55. The second-order valence-corrected chi connectivity index (χ2v) is 4.08. The van der Waals surface area contributed by atoms with Gasteiger partial charge in [0.15, 0.2) is 11.4 Å². The summed E-state index contributed by atoms with van der Waals surface area (Å²) in [6.07, 6.45) is 4.76. The summed E-state index contributed by atoms with van der Waals surface area (Å²) >= 11 is 0. The monoisotopic (exact) mass is 322 g/mol. The number of nitrogens with zero attached hydrogens (tertiary/aromatic N) is 2. The molecule has 2 aromatic rings. The summed E-state index contributed by atoms with van der Waals surface area (Å²) in [4.78, 5) is 31.0. The molecular weight excluding hydrogens is 308 g/mol. The summed E-state index contributed by atoms with van der Waals surface area (Å²) in [5, 5.41) is 2.13. The van der Waals surface area contributed by atoms with Gasteiger partial charge in [0.2, 0.25) is 5.91 Å². The van der Waals surface area contributed by atoms with Crippen molar-refractivity contribution in [1.82, 2.24) is 15.3 Å². The maximum Gasteiger partial charge on any atom is 0.280 e. The number of nitrogens with one attached hydrogen (secondary N) is 1. The Labute approximate surface area is 133 Å². The molecular formula is C14H15ClN4O3. The van der Waals surface area contributed by atoms with Crippen molar-refractivity contribution in [2.24, 2.45) is 5.73 Å². The van der Waals surface area contributed by atoms with Gasteiger partial charge in [-0.25, -0.2) is 4.98 Å². The van der Waals surface area contributed by atoms with Crippen LogP contribution in [0.25, 0.3) is 0 Å². The Kier molecular flexibility index (Phi) is 6.94. The highest BCUT2D eigenvalue weighted by atomic mass is 35.5. The molecule has 0 bridgehead atoms. The molecule has 2 amide bonds. The molecule has 0 fully saturated rings. The van der Waals surface area contributed by atoms with Crippen LogP contribution in [0.5, 0.6) is 5.75 Å². The molecule has 2 aromatic heterocycles. The van der Waals surface area contributed by atoms with Crippen LogP contribution in [-0.4, -0.2) is 28.3 Å². The van der Waals surface area contributed by atoms with Gasteiger partial charge in [-0.3, -0.25) is 19.9 Å². The van der Waals surface area contributed by atoms with E-state index in [1.807, 2.05) is 6.07 Å². The minimum atomic E-state index is -0.646. The minimum absolute atomic E-state index is 0. The maximum atomic E-state index is 11.9. The van der Waals surface area contributed by atoms with Crippen LogP contribution in [-0.2, 0) is 11.4 Å². The number of imide groups is 1. The van der Waals surface area contributed by atoms with Crippen molar-refractivity contribution in [3.8, 4) is 5.75 Å². The summed E-state index contributed by atoms with van der Waals surface area (Å²) in [6, 6.07) is 6.88. The number of amides is 2. The Hall–Kier alpha value is -2.51. The van der Waals surface area contributed by atoms with Crippen molar-refractivity contribution in [3.05, 3.63) is 54.1 Å². The van der Waals surface area contributed by atoms with Crippen molar-refractivity contribution in [3.63, 3.8) is 0 Å². The van der Waals surface area contributed by atoms with Crippen molar-refractivity contribution in [1.29, 1.82) is 0 Å². The fraction of sp³-hybridized carbons (Fsp3) is 0.143. The molecule has 7 nitrogen and oxygen atoms in total. The molecule has 0 radical (unpaired) electrons. The Balaban J connectivity index is 0.00000242. The summed E-state index contributed by atoms with van der Waals surface area (Å²) in [7, 11) is 0. The largest absolute Gasteiger partial charge is 0.486 e. The van der Waals surface area contributed by atoms with E-state index >= 15 is 0 Å². The number of halogens is 1. The predicted molar refractivity (Wildman–Crippen MR) is 81.6 cm³/mol. The zero-order valence-corrected chi connectivity index (χ0v) is 12.4. The van der Waals surface area contributed by atoms with E-state index in [0.717, 1.165) is 5.56 Å². The van der Waals surface area contributed by atoms with Gasteiger partial charge >= 0.3 is 0 Å². The van der Waals surface area contributed by atoms with E-state index in [1.54, 1.807) is 30.6 Å². The number of aromatic nitrogens is 2. The average molecular weight is 323 g/mol. The predicted octanol–water partition coefficient (Wildman–Crippen LogP) is 0.692. The Bertz CT molecular complexity index is 637. The van der Waals surface area contributed by atoms with Crippen LogP contribution < -0.4 is 15.8 Å².